The highest BCUT2D eigenvalue weighted by atomic mass is 32.2. The first-order chi connectivity index (χ1) is 16.4. The van der Waals surface area contributed by atoms with E-state index in [1.807, 2.05) is 44.6 Å². The van der Waals surface area contributed by atoms with Gasteiger partial charge in [-0.2, -0.15) is 0 Å². The van der Waals surface area contributed by atoms with Gasteiger partial charge in [0.2, 0.25) is 0 Å². The molecule has 2 aromatic carbocycles. The van der Waals surface area contributed by atoms with Crippen LogP contribution < -0.4 is 14.4 Å². The molecule has 1 aliphatic carbocycles. The maximum absolute atomic E-state index is 13.2. The molecule has 180 valence electrons. The molecule has 1 N–H and O–H groups in total. The van der Waals surface area contributed by atoms with Gasteiger partial charge in [0.25, 0.3) is 5.91 Å². The molecule has 0 spiro atoms. The van der Waals surface area contributed by atoms with Crippen molar-refractivity contribution in [2.45, 2.75) is 31.7 Å². The topological polar surface area (TPSA) is 57.7 Å². The number of carbonyl (C=O) groups excluding carboxylic acids is 1. The van der Waals surface area contributed by atoms with Crippen molar-refractivity contribution in [2.24, 2.45) is 0 Å². The van der Waals surface area contributed by atoms with Crippen LogP contribution >= 0.6 is 11.9 Å². The van der Waals surface area contributed by atoms with Crippen LogP contribution in [0.2, 0.25) is 0 Å². The molecule has 1 aromatic heterocycles. The van der Waals surface area contributed by atoms with Gasteiger partial charge < -0.3 is 19.3 Å². The highest BCUT2D eigenvalue weighted by Gasteiger charge is 2.47. The van der Waals surface area contributed by atoms with Gasteiger partial charge in [-0.1, -0.05) is 24.1 Å². The van der Waals surface area contributed by atoms with E-state index < -0.39 is 0 Å². The normalized spacial score (nSPS) is 16.1. The summed E-state index contributed by atoms with van der Waals surface area (Å²) in [6.45, 7) is 4.58. The predicted molar refractivity (Wildman–Crippen MR) is 142 cm³/mol. The molecule has 6 nitrogen and oxygen atoms in total. The molecule has 2 heterocycles. The van der Waals surface area contributed by atoms with Crippen LogP contribution in [0.3, 0.4) is 0 Å². The summed E-state index contributed by atoms with van der Waals surface area (Å²) < 4.78 is 7.42. The number of aryl methyl sites for hydroxylation is 1. The van der Waals surface area contributed by atoms with E-state index in [1.165, 1.54) is 19.5 Å². The Morgan fingerprint density at radius 3 is 2.53 bits per heavy atom. The summed E-state index contributed by atoms with van der Waals surface area (Å²) in [5, 5.41) is 4.41. The minimum atomic E-state index is -0.358. The third-order valence-electron chi connectivity index (χ3n) is 6.73. The zero-order valence-electron chi connectivity index (χ0n) is 20.7. The number of methoxy groups -OCH3 is 1. The van der Waals surface area contributed by atoms with E-state index in [-0.39, 0.29) is 11.4 Å². The van der Waals surface area contributed by atoms with Gasteiger partial charge in [-0.05, 0) is 87.8 Å². The molecule has 1 amide bonds. The van der Waals surface area contributed by atoms with Gasteiger partial charge in [0.1, 0.15) is 5.75 Å². The quantitative estimate of drug-likeness (QED) is 0.503. The van der Waals surface area contributed by atoms with Gasteiger partial charge in [0, 0.05) is 36.1 Å². The first kappa shape index (κ1) is 24.4. The lowest BCUT2D eigenvalue weighted by atomic mass is 9.97. The molecular formula is C27H34N4O2S. The highest BCUT2D eigenvalue weighted by molar-refractivity contribution is 7.99. The van der Waals surface area contributed by atoms with Gasteiger partial charge in [-0.15, -0.1) is 0 Å². The molecule has 34 heavy (non-hydrogen) atoms. The van der Waals surface area contributed by atoms with Crippen molar-refractivity contribution in [1.29, 1.82) is 0 Å². The number of anilines is 1. The first-order valence-corrected chi connectivity index (χ1v) is 12.9. The Hall–Kier alpha value is -2.77. The number of hydrogen-bond acceptors (Lipinski definition) is 6. The maximum atomic E-state index is 13.2. The summed E-state index contributed by atoms with van der Waals surface area (Å²) in [7, 11) is 5.79. The lowest BCUT2D eigenvalue weighted by molar-refractivity contribution is 0.0930. The fourth-order valence-electron chi connectivity index (χ4n) is 4.17. The lowest BCUT2D eigenvalue weighted by Crippen LogP contribution is -2.35. The third-order valence-corrected chi connectivity index (χ3v) is 7.49. The first-order valence-electron chi connectivity index (χ1n) is 11.7. The molecule has 7 heteroatoms. The molecule has 5 rings (SSSR count). The van der Waals surface area contributed by atoms with Crippen molar-refractivity contribution in [3.05, 3.63) is 65.4 Å². The molecule has 0 radical (unpaired) electrons. The number of aromatic nitrogens is 1. The van der Waals surface area contributed by atoms with Crippen molar-refractivity contribution in [1.82, 2.24) is 15.2 Å². The van der Waals surface area contributed by atoms with Crippen LogP contribution in [0.25, 0.3) is 10.9 Å². The fourth-order valence-corrected chi connectivity index (χ4v) is 4.49. The number of nitrogens with zero attached hydrogens (tertiary/aromatic N) is 3. The van der Waals surface area contributed by atoms with Crippen LogP contribution in [0.1, 0.15) is 40.7 Å². The number of ether oxygens (including phenoxy) is 1. The molecule has 0 atom stereocenters. The molecule has 0 bridgehead atoms. The Bertz CT molecular complexity index is 1170. The van der Waals surface area contributed by atoms with E-state index in [0.29, 0.717) is 11.3 Å². The van der Waals surface area contributed by atoms with Gasteiger partial charge in [-0.25, -0.2) is 0 Å². The minimum Gasteiger partial charge on any atom is -0.497 e. The average molecular weight is 479 g/mol. The largest absolute Gasteiger partial charge is 0.497 e. The summed E-state index contributed by atoms with van der Waals surface area (Å²) in [5.74, 6) is 0.614. The smallest absolute Gasteiger partial charge is 0.252 e. The maximum Gasteiger partial charge on any atom is 0.252 e. The van der Waals surface area contributed by atoms with Crippen molar-refractivity contribution < 1.29 is 9.53 Å². The third kappa shape index (κ3) is 5.15. The van der Waals surface area contributed by atoms with E-state index in [4.69, 9.17) is 4.74 Å². The molecule has 0 unspecified atom stereocenters. The summed E-state index contributed by atoms with van der Waals surface area (Å²) in [6.07, 6.45) is 7.10. The lowest BCUT2D eigenvalue weighted by Gasteiger charge is -2.24. The van der Waals surface area contributed by atoms with Crippen molar-refractivity contribution in [3.63, 3.8) is 0 Å². The summed E-state index contributed by atoms with van der Waals surface area (Å²) in [5.41, 5.74) is 4.38. The monoisotopic (exact) mass is 478 g/mol. The van der Waals surface area contributed by atoms with Crippen LogP contribution in [-0.4, -0.2) is 56.3 Å². The second kappa shape index (κ2) is 10.2. The number of amides is 1. The van der Waals surface area contributed by atoms with Gasteiger partial charge >= 0.3 is 0 Å². The summed E-state index contributed by atoms with van der Waals surface area (Å²) in [4.78, 5) is 20.1. The van der Waals surface area contributed by atoms with E-state index in [9.17, 15) is 4.79 Å². The van der Waals surface area contributed by atoms with E-state index >= 15 is 0 Å². The Morgan fingerprint density at radius 2 is 1.94 bits per heavy atom. The Kier molecular flexibility index (Phi) is 7.33. The summed E-state index contributed by atoms with van der Waals surface area (Å²) >= 11 is 1.65. The van der Waals surface area contributed by atoms with Gasteiger partial charge in [0.05, 0.1) is 18.2 Å². The second-order valence-corrected chi connectivity index (χ2v) is 10.0. The standard InChI is InChI=1S/C23H25N3O2S.C4H9N/c1-15-7-8-17(28-3)14-19(15)22(27)25-23(9-10-23)20-12-16(26(2)29-4)13-21-18(20)6-5-11-24-21;1-5-3-2-4-5/h5-8,11-14H,9-10H2,1-4H3,(H,25,27);2-4H2,1H3. The number of pyridine rings is 1. The molecule has 1 saturated heterocycles. The number of fused-ring (bicyclic) bond motifs is 1. The summed E-state index contributed by atoms with van der Waals surface area (Å²) in [6, 6.07) is 13.9. The van der Waals surface area contributed by atoms with Crippen LogP contribution in [0.4, 0.5) is 5.69 Å². The Balaban J connectivity index is 0.000000486. The van der Waals surface area contributed by atoms with Gasteiger partial charge in [-0.3, -0.25) is 9.78 Å². The molecule has 2 aliphatic rings. The van der Waals surface area contributed by atoms with Gasteiger partial charge in [0.15, 0.2) is 0 Å². The molecule has 3 aromatic rings. The number of benzene rings is 2. The number of nitrogens with one attached hydrogen (secondary N) is 1. The fraction of sp³-hybridized carbons (Fsp3) is 0.407. The average Bonchev–Trinajstić information content (AvgIpc) is 3.62. The minimum absolute atomic E-state index is 0.0698. The predicted octanol–water partition coefficient (Wildman–Crippen LogP) is 5.01. The van der Waals surface area contributed by atoms with Crippen molar-refractivity contribution >= 4 is 34.4 Å². The van der Waals surface area contributed by atoms with E-state index in [1.54, 1.807) is 25.1 Å². The number of rotatable bonds is 6. The van der Waals surface area contributed by atoms with Crippen LogP contribution in [0.15, 0.2) is 48.7 Å². The number of hydrogen-bond donors (Lipinski definition) is 1. The van der Waals surface area contributed by atoms with Crippen LogP contribution in [0.5, 0.6) is 5.75 Å². The van der Waals surface area contributed by atoms with E-state index in [2.05, 4.69) is 44.8 Å². The second-order valence-electron chi connectivity index (χ2n) is 9.12. The SMILES string of the molecule is CN1CCC1.COc1ccc(C)c(C(=O)NC2(c3cc(N(C)SC)cc4ncccc34)CC2)c1. The Labute approximate surface area is 206 Å². The number of likely N-dealkylation sites (tertiary alicyclic amines) is 1. The zero-order chi connectivity index (χ0) is 24.3. The molecule has 1 saturated carbocycles. The Morgan fingerprint density at radius 1 is 1.21 bits per heavy atom. The van der Waals surface area contributed by atoms with E-state index in [0.717, 1.165) is 40.6 Å². The zero-order valence-corrected chi connectivity index (χ0v) is 21.5. The molecular weight excluding hydrogens is 444 g/mol. The number of carbonyl (C=O) groups is 1. The van der Waals surface area contributed by atoms with Crippen LogP contribution in [0, 0.1) is 6.92 Å². The molecule has 2 fully saturated rings. The molecule has 1 aliphatic heterocycles. The van der Waals surface area contributed by atoms with Crippen molar-refractivity contribution in [3.8, 4) is 5.75 Å². The highest BCUT2D eigenvalue weighted by Crippen LogP contribution is 2.49. The van der Waals surface area contributed by atoms with Crippen LogP contribution in [-0.2, 0) is 5.54 Å². The van der Waals surface area contributed by atoms with Crippen molar-refractivity contribution in [2.75, 3.05) is 44.9 Å².